The summed E-state index contributed by atoms with van der Waals surface area (Å²) in [6, 6.07) is 20.6. The SMILES string of the molecule is O=C(CCN1C(=O)[C@@H]2CC=CC[C@H]2C1=O)NCCC(c1ccccc1)c1ccccc1. The lowest BCUT2D eigenvalue weighted by Gasteiger charge is -2.19. The van der Waals surface area contributed by atoms with Crippen molar-refractivity contribution in [2.45, 2.75) is 31.6 Å². The molecule has 160 valence electrons. The van der Waals surface area contributed by atoms with Crippen LogP contribution in [0.5, 0.6) is 0 Å². The molecule has 5 nitrogen and oxygen atoms in total. The Kier molecular flexibility index (Phi) is 6.60. The molecule has 2 atom stereocenters. The smallest absolute Gasteiger partial charge is 0.233 e. The van der Waals surface area contributed by atoms with Gasteiger partial charge in [0.2, 0.25) is 17.7 Å². The lowest BCUT2D eigenvalue weighted by Crippen LogP contribution is -2.35. The lowest BCUT2D eigenvalue weighted by molar-refractivity contribution is -0.140. The summed E-state index contributed by atoms with van der Waals surface area (Å²) in [4.78, 5) is 38.7. The number of imide groups is 1. The number of likely N-dealkylation sites (tertiary alicyclic amines) is 1. The Bertz CT molecular complexity index is 890. The van der Waals surface area contributed by atoms with Gasteiger partial charge in [0, 0.05) is 25.4 Å². The molecule has 1 N–H and O–H groups in total. The minimum Gasteiger partial charge on any atom is -0.356 e. The molecule has 1 saturated heterocycles. The first-order chi connectivity index (χ1) is 15.1. The first-order valence-corrected chi connectivity index (χ1v) is 11.0. The second kappa shape index (κ2) is 9.73. The fourth-order valence-electron chi connectivity index (χ4n) is 4.64. The molecule has 4 rings (SSSR count). The molecule has 0 bridgehead atoms. The molecule has 2 aromatic rings. The van der Waals surface area contributed by atoms with Crippen LogP contribution >= 0.6 is 0 Å². The van der Waals surface area contributed by atoms with E-state index in [1.807, 2.05) is 48.6 Å². The van der Waals surface area contributed by atoms with E-state index in [1.165, 1.54) is 16.0 Å². The van der Waals surface area contributed by atoms with Crippen molar-refractivity contribution in [2.24, 2.45) is 11.8 Å². The Morgan fingerprint density at radius 3 is 1.90 bits per heavy atom. The number of fused-ring (bicyclic) bond motifs is 1. The minimum absolute atomic E-state index is 0.125. The van der Waals surface area contributed by atoms with Gasteiger partial charge in [-0.2, -0.15) is 0 Å². The standard InChI is InChI=1S/C26H28N2O3/c29-24(16-18-28-25(30)22-13-7-8-14-23(22)26(28)31)27-17-15-21(19-9-3-1-4-10-19)20-11-5-2-6-12-20/h1-12,21-23H,13-18H2,(H,27,29)/t22-,23-/m1/s1. The molecule has 2 aliphatic rings. The van der Waals surface area contributed by atoms with Crippen LogP contribution in [0.4, 0.5) is 0 Å². The van der Waals surface area contributed by atoms with Crippen molar-refractivity contribution in [1.82, 2.24) is 10.2 Å². The predicted molar refractivity (Wildman–Crippen MR) is 119 cm³/mol. The van der Waals surface area contributed by atoms with E-state index < -0.39 is 0 Å². The molecule has 2 aromatic carbocycles. The van der Waals surface area contributed by atoms with Crippen molar-refractivity contribution >= 4 is 17.7 Å². The highest BCUT2D eigenvalue weighted by molar-refractivity contribution is 6.05. The average Bonchev–Trinajstić information content (AvgIpc) is 3.06. The van der Waals surface area contributed by atoms with Crippen LogP contribution in [-0.4, -0.2) is 35.7 Å². The number of benzene rings is 2. The van der Waals surface area contributed by atoms with E-state index in [-0.39, 0.29) is 48.4 Å². The number of carbonyl (C=O) groups is 3. The van der Waals surface area contributed by atoms with Crippen LogP contribution in [-0.2, 0) is 14.4 Å². The molecule has 5 heteroatoms. The van der Waals surface area contributed by atoms with Gasteiger partial charge >= 0.3 is 0 Å². The normalized spacial score (nSPS) is 20.2. The summed E-state index contributed by atoms with van der Waals surface area (Å²) in [5.41, 5.74) is 2.43. The van der Waals surface area contributed by atoms with E-state index in [4.69, 9.17) is 0 Å². The van der Waals surface area contributed by atoms with Crippen molar-refractivity contribution in [2.75, 3.05) is 13.1 Å². The summed E-state index contributed by atoms with van der Waals surface area (Å²) in [5.74, 6) is -0.662. The molecular formula is C26H28N2O3. The lowest BCUT2D eigenvalue weighted by atomic mass is 9.85. The van der Waals surface area contributed by atoms with E-state index in [2.05, 4.69) is 29.6 Å². The molecule has 1 aliphatic carbocycles. The van der Waals surface area contributed by atoms with Crippen molar-refractivity contribution < 1.29 is 14.4 Å². The summed E-state index contributed by atoms with van der Waals surface area (Å²) < 4.78 is 0. The topological polar surface area (TPSA) is 66.5 Å². The monoisotopic (exact) mass is 416 g/mol. The number of carbonyl (C=O) groups excluding carboxylic acids is 3. The third-order valence-corrected chi connectivity index (χ3v) is 6.32. The number of hydrogen-bond donors (Lipinski definition) is 1. The fraction of sp³-hybridized carbons (Fsp3) is 0.346. The Morgan fingerprint density at radius 2 is 1.39 bits per heavy atom. The molecule has 31 heavy (non-hydrogen) atoms. The average molecular weight is 417 g/mol. The highest BCUT2D eigenvalue weighted by Crippen LogP contribution is 2.35. The van der Waals surface area contributed by atoms with Gasteiger partial charge in [-0.15, -0.1) is 0 Å². The molecule has 1 aliphatic heterocycles. The summed E-state index contributed by atoms with van der Waals surface area (Å²) in [5, 5.41) is 2.97. The molecule has 0 aromatic heterocycles. The third-order valence-electron chi connectivity index (χ3n) is 6.32. The first kappa shape index (κ1) is 21.0. The van der Waals surface area contributed by atoms with Gasteiger partial charge in [0.05, 0.1) is 11.8 Å². The maximum atomic E-state index is 12.5. The van der Waals surface area contributed by atoms with Crippen LogP contribution in [0.3, 0.4) is 0 Å². The zero-order chi connectivity index (χ0) is 21.6. The second-order valence-corrected chi connectivity index (χ2v) is 8.25. The van der Waals surface area contributed by atoms with Gasteiger partial charge in [-0.3, -0.25) is 19.3 Å². The number of amides is 3. The second-order valence-electron chi connectivity index (χ2n) is 8.25. The third kappa shape index (κ3) is 4.76. The molecule has 1 fully saturated rings. The van der Waals surface area contributed by atoms with Crippen LogP contribution in [0, 0.1) is 11.8 Å². The number of nitrogens with zero attached hydrogens (tertiary/aromatic N) is 1. The summed E-state index contributed by atoms with van der Waals surface area (Å²) >= 11 is 0. The van der Waals surface area contributed by atoms with Crippen LogP contribution in [0.1, 0.15) is 42.7 Å². The van der Waals surface area contributed by atoms with Gasteiger partial charge in [0.15, 0.2) is 0 Å². The molecule has 0 radical (unpaired) electrons. The fourth-order valence-corrected chi connectivity index (χ4v) is 4.64. The van der Waals surface area contributed by atoms with Gasteiger partial charge in [-0.05, 0) is 30.4 Å². The van der Waals surface area contributed by atoms with Crippen molar-refractivity contribution in [1.29, 1.82) is 0 Å². The molecular weight excluding hydrogens is 388 g/mol. The maximum absolute atomic E-state index is 12.5. The van der Waals surface area contributed by atoms with Gasteiger partial charge < -0.3 is 5.32 Å². The van der Waals surface area contributed by atoms with E-state index in [0.29, 0.717) is 19.4 Å². The molecule has 0 saturated carbocycles. The van der Waals surface area contributed by atoms with Crippen LogP contribution < -0.4 is 5.32 Å². The quantitative estimate of drug-likeness (QED) is 0.527. The van der Waals surface area contributed by atoms with E-state index >= 15 is 0 Å². The van der Waals surface area contributed by atoms with Crippen molar-refractivity contribution in [3.63, 3.8) is 0 Å². The molecule has 0 unspecified atom stereocenters. The summed E-state index contributed by atoms with van der Waals surface area (Å²) in [6.07, 6.45) is 6.11. The van der Waals surface area contributed by atoms with Crippen molar-refractivity contribution in [3.8, 4) is 0 Å². The summed E-state index contributed by atoms with van der Waals surface area (Å²) in [6.45, 7) is 0.696. The van der Waals surface area contributed by atoms with Gasteiger partial charge in [0.1, 0.15) is 0 Å². The zero-order valence-electron chi connectivity index (χ0n) is 17.6. The minimum atomic E-state index is -0.238. The van der Waals surface area contributed by atoms with Crippen LogP contribution in [0.2, 0.25) is 0 Å². The highest BCUT2D eigenvalue weighted by atomic mass is 16.2. The van der Waals surface area contributed by atoms with Gasteiger partial charge in [-0.1, -0.05) is 72.8 Å². The van der Waals surface area contributed by atoms with E-state index in [9.17, 15) is 14.4 Å². The highest BCUT2D eigenvalue weighted by Gasteiger charge is 2.46. The number of rotatable bonds is 8. The molecule has 3 amide bonds. The molecule has 0 spiro atoms. The Balaban J connectivity index is 1.29. The van der Waals surface area contributed by atoms with Gasteiger partial charge in [-0.25, -0.2) is 0 Å². The van der Waals surface area contributed by atoms with Crippen LogP contribution in [0.15, 0.2) is 72.8 Å². The Morgan fingerprint density at radius 1 is 0.871 bits per heavy atom. The van der Waals surface area contributed by atoms with E-state index in [1.54, 1.807) is 0 Å². The van der Waals surface area contributed by atoms with Gasteiger partial charge in [0.25, 0.3) is 0 Å². The Hall–Kier alpha value is -3.21. The van der Waals surface area contributed by atoms with E-state index in [0.717, 1.165) is 6.42 Å². The predicted octanol–water partition coefficient (Wildman–Crippen LogP) is 3.67. The first-order valence-electron chi connectivity index (χ1n) is 11.0. The largest absolute Gasteiger partial charge is 0.356 e. The number of allylic oxidation sites excluding steroid dienone is 2. The van der Waals surface area contributed by atoms with Crippen molar-refractivity contribution in [3.05, 3.63) is 83.9 Å². The van der Waals surface area contributed by atoms with Crippen LogP contribution in [0.25, 0.3) is 0 Å². The molecule has 1 heterocycles. The maximum Gasteiger partial charge on any atom is 0.233 e. The summed E-state index contributed by atoms with van der Waals surface area (Å²) in [7, 11) is 0. The number of hydrogen-bond acceptors (Lipinski definition) is 3. The Labute approximate surface area is 183 Å². The zero-order valence-corrected chi connectivity index (χ0v) is 17.6. The number of nitrogens with one attached hydrogen (secondary N) is 1.